The third-order valence-corrected chi connectivity index (χ3v) is 4.81. The molecule has 1 aromatic rings. The van der Waals surface area contributed by atoms with Crippen LogP contribution >= 0.6 is 0 Å². The van der Waals surface area contributed by atoms with Crippen molar-refractivity contribution in [2.24, 2.45) is 11.8 Å². The molecule has 1 saturated heterocycles. The molecule has 2 aliphatic rings. The lowest BCUT2D eigenvalue weighted by atomic mass is 9.90. The van der Waals surface area contributed by atoms with Crippen LogP contribution in [0.15, 0.2) is 30.3 Å². The first-order chi connectivity index (χ1) is 9.90. The van der Waals surface area contributed by atoms with Crippen molar-refractivity contribution in [3.8, 4) is 0 Å². The van der Waals surface area contributed by atoms with Crippen LogP contribution in [-0.2, 0) is 6.42 Å². The van der Waals surface area contributed by atoms with Crippen molar-refractivity contribution in [2.45, 2.75) is 32.1 Å². The van der Waals surface area contributed by atoms with Crippen molar-refractivity contribution in [3.05, 3.63) is 35.9 Å². The molecule has 0 unspecified atom stereocenters. The largest absolute Gasteiger partial charge is 0.315 e. The van der Waals surface area contributed by atoms with Gasteiger partial charge in [0.2, 0.25) is 0 Å². The van der Waals surface area contributed by atoms with Crippen molar-refractivity contribution >= 4 is 0 Å². The molecular formula is C18H28N2. The summed E-state index contributed by atoms with van der Waals surface area (Å²) < 4.78 is 0. The van der Waals surface area contributed by atoms with Gasteiger partial charge in [0, 0.05) is 13.1 Å². The predicted octanol–water partition coefficient (Wildman–Crippen LogP) is 2.94. The smallest absolute Gasteiger partial charge is 0.0107 e. The van der Waals surface area contributed by atoms with Crippen LogP contribution in [0, 0.1) is 11.8 Å². The maximum Gasteiger partial charge on any atom is 0.0107 e. The average molecular weight is 272 g/mol. The summed E-state index contributed by atoms with van der Waals surface area (Å²) in [7, 11) is 0. The van der Waals surface area contributed by atoms with E-state index < -0.39 is 0 Å². The number of likely N-dealkylation sites (tertiary alicyclic amines) is 1. The zero-order valence-corrected chi connectivity index (χ0v) is 12.6. The Morgan fingerprint density at radius 3 is 2.40 bits per heavy atom. The van der Waals surface area contributed by atoms with E-state index in [1.165, 1.54) is 70.4 Å². The molecule has 1 aromatic carbocycles. The Bertz CT molecular complexity index is 378. The quantitative estimate of drug-likeness (QED) is 0.768. The average Bonchev–Trinajstić information content (AvgIpc) is 3.31. The number of hydrogen-bond acceptors (Lipinski definition) is 2. The molecule has 1 heterocycles. The van der Waals surface area contributed by atoms with Crippen molar-refractivity contribution < 1.29 is 0 Å². The second-order valence-electron chi connectivity index (χ2n) is 6.62. The van der Waals surface area contributed by atoms with Crippen LogP contribution in [0.2, 0.25) is 0 Å². The molecule has 0 spiro atoms. The highest BCUT2D eigenvalue weighted by Gasteiger charge is 2.21. The van der Waals surface area contributed by atoms with Gasteiger partial charge in [-0.1, -0.05) is 30.3 Å². The molecule has 0 aromatic heterocycles. The summed E-state index contributed by atoms with van der Waals surface area (Å²) in [5.74, 6) is 1.90. The third kappa shape index (κ3) is 4.60. The van der Waals surface area contributed by atoms with Gasteiger partial charge >= 0.3 is 0 Å². The van der Waals surface area contributed by atoms with Crippen LogP contribution in [0.3, 0.4) is 0 Å². The van der Waals surface area contributed by atoms with E-state index in [4.69, 9.17) is 0 Å². The second kappa shape index (κ2) is 7.24. The standard InChI is InChI=1S/C18H28N2/c1-2-4-16(5-3-1)14-17-8-11-20(12-9-17)13-10-19-15-18-6-7-18/h1-5,17-19H,6-15H2. The number of hydrogen-bond donors (Lipinski definition) is 1. The molecule has 1 N–H and O–H groups in total. The van der Waals surface area contributed by atoms with Gasteiger partial charge in [-0.3, -0.25) is 0 Å². The van der Waals surface area contributed by atoms with E-state index in [-0.39, 0.29) is 0 Å². The van der Waals surface area contributed by atoms with Gasteiger partial charge in [0.1, 0.15) is 0 Å². The van der Waals surface area contributed by atoms with E-state index in [1.807, 2.05) is 0 Å². The summed E-state index contributed by atoms with van der Waals surface area (Å²) in [6, 6.07) is 11.0. The van der Waals surface area contributed by atoms with E-state index >= 15 is 0 Å². The van der Waals surface area contributed by atoms with Gasteiger partial charge in [0.15, 0.2) is 0 Å². The summed E-state index contributed by atoms with van der Waals surface area (Å²) >= 11 is 0. The topological polar surface area (TPSA) is 15.3 Å². The lowest BCUT2D eigenvalue weighted by Gasteiger charge is -2.32. The van der Waals surface area contributed by atoms with E-state index in [2.05, 4.69) is 40.5 Å². The van der Waals surface area contributed by atoms with Crippen molar-refractivity contribution in [2.75, 3.05) is 32.7 Å². The van der Waals surface area contributed by atoms with Gasteiger partial charge in [-0.05, 0) is 69.1 Å². The van der Waals surface area contributed by atoms with Crippen LogP contribution in [0.4, 0.5) is 0 Å². The maximum absolute atomic E-state index is 3.60. The zero-order chi connectivity index (χ0) is 13.6. The normalized spacial score (nSPS) is 21.2. The molecule has 1 aliphatic carbocycles. The monoisotopic (exact) mass is 272 g/mol. The molecule has 2 nitrogen and oxygen atoms in total. The van der Waals surface area contributed by atoms with Gasteiger partial charge in [0.25, 0.3) is 0 Å². The summed E-state index contributed by atoms with van der Waals surface area (Å²) in [6.07, 6.45) is 6.93. The van der Waals surface area contributed by atoms with Crippen LogP contribution in [0.1, 0.15) is 31.2 Å². The van der Waals surface area contributed by atoms with Crippen LogP contribution < -0.4 is 5.32 Å². The molecule has 2 heteroatoms. The Balaban J connectivity index is 1.30. The Morgan fingerprint density at radius 1 is 0.950 bits per heavy atom. The molecule has 1 saturated carbocycles. The highest BCUT2D eigenvalue weighted by Crippen LogP contribution is 2.27. The summed E-state index contributed by atoms with van der Waals surface area (Å²) in [5.41, 5.74) is 1.51. The van der Waals surface area contributed by atoms with E-state index in [0.717, 1.165) is 11.8 Å². The number of nitrogens with zero attached hydrogens (tertiary/aromatic N) is 1. The summed E-state index contributed by atoms with van der Waals surface area (Å²) in [5, 5.41) is 3.60. The van der Waals surface area contributed by atoms with Gasteiger partial charge in [-0.15, -0.1) is 0 Å². The lowest BCUT2D eigenvalue weighted by Crippen LogP contribution is -2.39. The fraction of sp³-hybridized carbons (Fsp3) is 0.667. The first-order valence-corrected chi connectivity index (χ1v) is 8.37. The lowest BCUT2D eigenvalue weighted by molar-refractivity contribution is 0.184. The first kappa shape index (κ1) is 14.1. The maximum atomic E-state index is 3.60. The van der Waals surface area contributed by atoms with Crippen LogP contribution in [0.5, 0.6) is 0 Å². The Morgan fingerprint density at radius 2 is 1.70 bits per heavy atom. The number of piperidine rings is 1. The van der Waals surface area contributed by atoms with Gasteiger partial charge < -0.3 is 10.2 Å². The number of benzene rings is 1. The molecule has 20 heavy (non-hydrogen) atoms. The fourth-order valence-corrected chi connectivity index (χ4v) is 3.23. The number of nitrogens with one attached hydrogen (secondary N) is 1. The van der Waals surface area contributed by atoms with Crippen LogP contribution in [-0.4, -0.2) is 37.6 Å². The molecule has 2 fully saturated rings. The van der Waals surface area contributed by atoms with E-state index in [1.54, 1.807) is 0 Å². The molecular weight excluding hydrogens is 244 g/mol. The molecule has 0 bridgehead atoms. The van der Waals surface area contributed by atoms with Crippen molar-refractivity contribution in [1.82, 2.24) is 10.2 Å². The minimum absolute atomic E-state index is 0.896. The zero-order valence-electron chi connectivity index (χ0n) is 12.6. The SMILES string of the molecule is c1ccc(CC2CCN(CCNCC3CC3)CC2)cc1. The van der Waals surface area contributed by atoms with Gasteiger partial charge in [-0.2, -0.15) is 0 Å². The van der Waals surface area contributed by atoms with Crippen LogP contribution in [0.25, 0.3) is 0 Å². The van der Waals surface area contributed by atoms with Crippen molar-refractivity contribution in [3.63, 3.8) is 0 Å². The Hall–Kier alpha value is -0.860. The van der Waals surface area contributed by atoms with E-state index in [9.17, 15) is 0 Å². The molecule has 1 aliphatic heterocycles. The van der Waals surface area contributed by atoms with Gasteiger partial charge in [-0.25, -0.2) is 0 Å². The van der Waals surface area contributed by atoms with Crippen molar-refractivity contribution in [1.29, 1.82) is 0 Å². The highest BCUT2D eigenvalue weighted by molar-refractivity contribution is 5.15. The summed E-state index contributed by atoms with van der Waals surface area (Å²) in [4.78, 5) is 2.64. The Kier molecular flexibility index (Phi) is 5.10. The number of rotatable bonds is 7. The Labute approximate surface area is 123 Å². The fourth-order valence-electron chi connectivity index (χ4n) is 3.23. The molecule has 110 valence electrons. The second-order valence-corrected chi connectivity index (χ2v) is 6.62. The molecule has 0 atom stereocenters. The predicted molar refractivity (Wildman–Crippen MR) is 84.9 cm³/mol. The van der Waals surface area contributed by atoms with E-state index in [0.29, 0.717) is 0 Å². The molecule has 3 rings (SSSR count). The minimum atomic E-state index is 0.896. The molecule has 0 amide bonds. The highest BCUT2D eigenvalue weighted by atomic mass is 15.1. The minimum Gasteiger partial charge on any atom is -0.315 e. The third-order valence-electron chi connectivity index (χ3n) is 4.81. The first-order valence-electron chi connectivity index (χ1n) is 8.37. The molecule has 0 radical (unpaired) electrons. The van der Waals surface area contributed by atoms with Gasteiger partial charge in [0.05, 0.1) is 0 Å². The summed E-state index contributed by atoms with van der Waals surface area (Å²) in [6.45, 7) is 6.26.